The van der Waals surface area contributed by atoms with Crippen molar-refractivity contribution in [3.63, 3.8) is 0 Å². The van der Waals surface area contributed by atoms with E-state index in [1.807, 2.05) is 32.9 Å². The number of carbonyl (C=O) groups is 2. The van der Waals surface area contributed by atoms with Crippen LogP contribution in [-0.2, 0) is 17.6 Å². The summed E-state index contributed by atoms with van der Waals surface area (Å²) < 4.78 is 0. The van der Waals surface area contributed by atoms with Gasteiger partial charge in [-0.05, 0) is 57.2 Å². The van der Waals surface area contributed by atoms with E-state index >= 15 is 0 Å². The molecular weight excluding hydrogens is 308 g/mol. The predicted molar refractivity (Wildman–Crippen MR) is 90.9 cm³/mol. The third-order valence-corrected chi connectivity index (χ3v) is 5.50. The van der Waals surface area contributed by atoms with Crippen LogP contribution < -0.4 is 5.32 Å². The number of nitrogens with zero attached hydrogens (tertiary/aromatic N) is 1. The van der Waals surface area contributed by atoms with Gasteiger partial charge in [0.15, 0.2) is 0 Å². The first kappa shape index (κ1) is 15.9. The summed E-state index contributed by atoms with van der Waals surface area (Å²) in [4.78, 5) is 30.0. The van der Waals surface area contributed by atoms with Crippen LogP contribution in [0.2, 0.25) is 0 Å². The minimum atomic E-state index is -0.555. The van der Waals surface area contributed by atoms with Gasteiger partial charge in [-0.15, -0.1) is 11.3 Å². The molecule has 1 aromatic carbocycles. The van der Waals surface area contributed by atoms with Crippen LogP contribution in [0.3, 0.4) is 0 Å². The molecule has 3 rings (SSSR count). The van der Waals surface area contributed by atoms with Crippen molar-refractivity contribution in [1.82, 2.24) is 10.3 Å². The van der Waals surface area contributed by atoms with E-state index in [4.69, 9.17) is 0 Å². The number of rotatable bonds is 4. The first-order chi connectivity index (χ1) is 11.0. The third kappa shape index (κ3) is 3.20. The molecule has 1 aliphatic carbocycles. The summed E-state index contributed by atoms with van der Waals surface area (Å²) in [5, 5.41) is 3.76. The van der Waals surface area contributed by atoms with Gasteiger partial charge in [0.25, 0.3) is 5.91 Å². The number of ketones is 1. The highest BCUT2D eigenvalue weighted by molar-refractivity contribution is 7.11. The predicted octanol–water partition coefficient (Wildman–Crippen LogP) is 3.31. The molecule has 0 aliphatic heterocycles. The van der Waals surface area contributed by atoms with Gasteiger partial charge in [-0.3, -0.25) is 9.59 Å². The minimum Gasteiger partial charge on any atom is -0.342 e. The normalized spacial score (nSPS) is 14.4. The van der Waals surface area contributed by atoms with Crippen LogP contribution in [-0.4, -0.2) is 16.7 Å². The van der Waals surface area contributed by atoms with Crippen molar-refractivity contribution < 1.29 is 9.59 Å². The number of aromatic nitrogens is 1. The van der Waals surface area contributed by atoms with Gasteiger partial charge in [0.1, 0.15) is 0 Å². The van der Waals surface area contributed by atoms with E-state index in [9.17, 15) is 9.59 Å². The van der Waals surface area contributed by atoms with Gasteiger partial charge in [0.05, 0.1) is 16.7 Å². The molecule has 120 valence electrons. The number of benzene rings is 1. The second-order valence-corrected chi connectivity index (χ2v) is 7.28. The van der Waals surface area contributed by atoms with Gasteiger partial charge in [-0.1, -0.05) is 12.1 Å². The van der Waals surface area contributed by atoms with Crippen molar-refractivity contribution in [3.8, 4) is 0 Å². The molecule has 0 radical (unpaired) electrons. The molecule has 1 atom stereocenters. The molecular formula is C18H20N2O2S. The Bertz CT molecular complexity index is 779. The zero-order valence-electron chi connectivity index (χ0n) is 13.6. The molecule has 0 spiro atoms. The van der Waals surface area contributed by atoms with Crippen LogP contribution in [0.1, 0.15) is 56.4 Å². The standard InChI is InChI=1S/C18H20N2O2S/c1-10-17(23-12(3)19-10)11(2)20-18(22)16(21)15-8-7-13-5-4-6-14(13)9-15/h7-9,11H,4-6H2,1-3H3,(H,20,22). The summed E-state index contributed by atoms with van der Waals surface area (Å²) in [6.45, 7) is 5.74. The topological polar surface area (TPSA) is 59.1 Å². The zero-order chi connectivity index (χ0) is 16.6. The highest BCUT2D eigenvalue weighted by Crippen LogP contribution is 2.25. The summed E-state index contributed by atoms with van der Waals surface area (Å²) >= 11 is 1.55. The largest absolute Gasteiger partial charge is 0.342 e. The van der Waals surface area contributed by atoms with Crippen LogP contribution in [0.15, 0.2) is 18.2 Å². The highest BCUT2D eigenvalue weighted by Gasteiger charge is 2.22. The number of hydrogen-bond donors (Lipinski definition) is 1. The lowest BCUT2D eigenvalue weighted by Crippen LogP contribution is -2.33. The van der Waals surface area contributed by atoms with Gasteiger partial charge >= 0.3 is 0 Å². The number of thiazole rings is 1. The van der Waals surface area contributed by atoms with Crippen LogP contribution in [0.5, 0.6) is 0 Å². The number of fused-ring (bicyclic) bond motifs is 1. The van der Waals surface area contributed by atoms with E-state index < -0.39 is 11.7 Å². The lowest BCUT2D eigenvalue weighted by Gasteiger charge is -2.12. The number of hydrogen-bond acceptors (Lipinski definition) is 4. The fourth-order valence-corrected chi connectivity index (χ4v) is 4.05. The molecule has 1 amide bonds. The third-order valence-electron chi connectivity index (χ3n) is 4.25. The van der Waals surface area contributed by atoms with E-state index in [0.29, 0.717) is 5.56 Å². The van der Waals surface area contributed by atoms with Crippen molar-refractivity contribution in [1.29, 1.82) is 0 Å². The average molecular weight is 328 g/mol. The molecule has 1 heterocycles. The van der Waals surface area contributed by atoms with Crippen LogP contribution in [0.4, 0.5) is 0 Å². The second-order valence-electron chi connectivity index (χ2n) is 6.04. The van der Waals surface area contributed by atoms with E-state index in [1.165, 1.54) is 11.1 Å². The molecule has 1 aromatic heterocycles. The molecule has 0 saturated carbocycles. The number of Topliss-reactive ketones (excluding diaryl/α,β-unsaturated/α-hetero) is 1. The molecule has 1 aliphatic rings. The lowest BCUT2D eigenvalue weighted by atomic mass is 10.0. The number of amides is 1. The molecule has 0 fully saturated rings. The monoisotopic (exact) mass is 328 g/mol. The number of carbonyl (C=O) groups excluding carboxylic acids is 2. The molecule has 2 aromatic rings. The highest BCUT2D eigenvalue weighted by atomic mass is 32.1. The smallest absolute Gasteiger partial charge is 0.292 e. The molecule has 4 nitrogen and oxygen atoms in total. The van der Waals surface area contributed by atoms with Crippen molar-refractivity contribution in [2.45, 2.75) is 46.1 Å². The molecule has 1 unspecified atom stereocenters. The zero-order valence-corrected chi connectivity index (χ0v) is 14.4. The Balaban J connectivity index is 1.72. The Morgan fingerprint density at radius 2 is 1.96 bits per heavy atom. The second kappa shape index (κ2) is 6.24. The fourth-order valence-electron chi connectivity index (χ4n) is 3.12. The van der Waals surface area contributed by atoms with E-state index in [-0.39, 0.29) is 6.04 Å². The summed E-state index contributed by atoms with van der Waals surface area (Å²) in [6.07, 6.45) is 3.19. The maximum atomic E-state index is 12.4. The van der Waals surface area contributed by atoms with Crippen LogP contribution >= 0.6 is 11.3 Å². The van der Waals surface area contributed by atoms with Gasteiger partial charge in [-0.2, -0.15) is 0 Å². The van der Waals surface area contributed by atoms with Gasteiger partial charge in [0.2, 0.25) is 5.78 Å². The molecule has 0 bridgehead atoms. The van der Waals surface area contributed by atoms with E-state index in [1.54, 1.807) is 17.4 Å². The Morgan fingerprint density at radius 1 is 1.22 bits per heavy atom. The Kier molecular flexibility index (Phi) is 4.31. The number of nitrogens with one attached hydrogen (secondary N) is 1. The first-order valence-electron chi connectivity index (χ1n) is 7.86. The fraction of sp³-hybridized carbons (Fsp3) is 0.389. The quantitative estimate of drug-likeness (QED) is 0.692. The maximum Gasteiger partial charge on any atom is 0.292 e. The SMILES string of the molecule is Cc1nc(C)c(C(C)NC(=O)C(=O)c2ccc3c(c2)CCC3)s1. The van der Waals surface area contributed by atoms with Crippen LogP contribution in [0, 0.1) is 13.8 Å². The number of aryl methyl sites for hydroxylation is 4. The molecule has 1 N–H and O–H groups in total. The van der Waals surface area contributed by atoms with Gasteiger partial charge in [0, 0.05) is 10.4 Å². The average Bonchev–Trinajstić information content (AvgIpc) is 3.11. The van der Waals surface area contributed by atoms with Crippen molar-refractivity contribution >= 4 is 23.0 Å². The first-order valence-corrected chi connectivity index (χ1v) is 8.68. The maximum absolute atomic E-state index is 12.4. The summed E-state index contributed by atoms with van der Waals surface area (Å²) in [5.74, 6) is -1.02. The van der Waals surface area contributed by atoms with Crippen molar-refractivity contribution in [3.05, 3.63) is 50.5 Å². The molecule has 0 saturated heterocycles. The van der Waals surface area contributed by atoms with Crippen molar-refractivity contribution in [2.24, 2.45) is 0 Å². The van der Waals surface area contributed by atoms with Gasteiger partial charge in [-0.25, -0.2) is 4.98 Å². The minimum absolute atomic E-state index is 0.216. The van der Waals surface area contributed by atoms with Crippen molar-refractivity contribution in [2.75, 3.05) is 0 Å². The summed E-state index contributed by atoms with van der Waals surface area (Å²) in [7, 11) is 0. The Labute approximate surface area is 140 Å². The van der Waals surface area contributed by atoms with Crippen LogP contribution in [0.25, 0.3) is 0 Å². The van der Waals surface area contributed by atoms with Gasteiger partial charge < -0.3 is 5.32 Å². The Hall–Kier alpha value is -2.01. The van der Waals surface area contributed by atoms with E-state index in [2.05, 4.69) is 10.3 Å². The molecule has 5 heteroatoms. The Morgan fingerprint density at radius 3 is 2.65 bits per heavy atom. The summed E-state index contributed by atoms with van der Waals surface area (Å²) in [5.41, 5.74) is 3.88. The molecule has 23 heavy (non-hydrogen) atoms. The van der Waals surface area contributed by atoms with E-state index in [0.717, 1.165) is 34.8 Å². The summed E-state index contributed by atoms with van der Waals surface area (Å²) in [6, 6.07) is 5.39. The lowest BCUT2D eigenvalue weighted by molar-refractivity contribution is -0.117.